The molecule has 5 heteroatoms. The second-order valence-electron chi connectivity index (χ2n) is 7.71. The van der Waals surface area contributed by atoms with E-state index >= 15 is 0 Å². The summed E-state index contributed by atoms with van der Waals surface area (Å²) in [4.78, 5) is 17.9. The van der Waals surface area contributed by atoms with Crippen LogP contribution in [-0.4, -0.2) is 29.1 Å². The number of benzene rings is 1. The summed E-state index contributed by atoms with van der Waals surface area (Å²) in [5.41, 5.74) is 8.58. The third kappa shape index (κ3) is 2.80. The molecule has 1 aromatic heterocycles. The molecule has 5 rings (SSSR count). The summed E-state index contributed by atoms with van der Waals surface area (Å²) in [7, 11) is 0. The largest absolute Gasteiger partial charge is 0.321 e. The first kappa shape index (κ1) is 17.7. The summed E-state index contributed by atoms with van der Waals surface area (Å²) >= 11 is 0. The standard InChI is InChI=1S/C21H23FN2O.ClH/c22-14-8-9-24(12-14)11-13-4-3-7-16-18(13)10-19-15-5-1-2-6-17(15)21(25)23-20(16)19;/h3-4,7,14H,1-2,5-6,8-12H2,(H,23,25);1H. The molecule has 0 saturated carbocycles. The number of aromatic nitrogens is 1. The Labute approximate surface area is 159 Å². The molecular formula is C21H24ClFN2O. The average molecular weight is 375 g/mol. The second-order valence-corrected chi connectivity index (χ2v) is 7.71. The quantitative estimate of drug-likeness (QED) is 0.740. The van der Waals surface area contributed by atoms with E-state index in [-0.39, 0.29) is 18.0 Å². The number of H-pyrrole nitrogens is 1. The van der Waals surface area contributed by atoms with Crippen molar-refractivity contribution in [3.8, 4) is 11.3 Å². The lowest BCUT2D eigenvalue weighted by molar-refractivity contribution is 0.282. The third-order valence-corrected chi connectivity index (χ3v) is 6.15. The van der Waals surface area contributed by atoms with E-state index in [2.05, 4.69) is 28.1 Å². The molecule has 3 aliphatic rings. The minimum Gasteiger partial charge on any atom is -0.321 e. The van der Waals surface area contributed by atoms with Gasteiger partial charge in [0.05, 0.1) is 5.69 Å². The summed E-state index contributed by atoms with van der Waals surface area (Å²) in [6.07, 6.45) is 5.11. The first-order chi connectivity index (χ1) is 12.2. The van der Waals surface area contributed by atoms with Gasteiger partial charge < -0.3 is 4.98 Å². The number of pyridine rings is 1. The maximum absolute atomic E-state index is 13.5. The Morgan fingerprint density at radius 3 is 2.69 bits per heavy atom. The van der Waals surface area contributed by atoms with Crippen molar-refractivity contribution < 1.29 is 4.39 Å². The molecule has 1 saturated heterocycles. The number of hydrogen-bond donors (Lipinski definition) is 1. The molecule has 1 N–H and O–H groups in total. The van der Waals surface area contributed by atoms with Crippen LogP contribution < -0.4 is 5.56 Å². The first-order valence-corrected chi connectivity index (χ1v) is 9.45. The van der Waals surface area contributed by atoms with Crippen LogP contribution >= 0.6 is 12.4 Å². The molecular weight excluding hydrogens is 351 g/mol. The van der Waals surface area contributed by atoms with Crippen molar-refractivity contribution in [1.29, 1.82) is 0 Å². The van der Waals surface area contributed by atoms with Crippen molar-refractivity contribution in [2.75, 3.05) is 13.1 Å². The van der Waals surface area contributed by atoms with Crippen molar-refractivity contribution in [3.63, 3.8) is 0 Å². The Bertz CT molecular complexity index is 908. The van der Waals surface area contributed by atoms with Gasteiger partial charge in [0.15, 0.2) is 0 Å². The number of alkyl halides is 1. The van der Waals surface area contributed by atoms with Crippen LogP contribution in [-0.2, 0) is 25.8 Å². The van der Waals surface area contributed by atoms with E-state index in [1.54, 1.807) is 0 Å². The number of nitrogens with one attached hydrogen (secondary N) is 1. The summed E-state index contributed by atoms with van der Waals surface area (Å²) < 4.78 is 13.5. The van der Waals surface area contributed by atoms with E-state index in [4.69, 9.17) is 0 Å². The zero-order valence-corrected chi connectivity index (χ0v) is 15.6. The van der Waals surface area contributed by atoms with Gasteiger partial charge in [-0.3, -0.25) is 9.69 Å². The van der Waals surface area contributed by atoms with E-state index < -0.39 is 6.17 Å². The molecule has 1 aromatic carbocycles. The lowest BCUT2D eigenvalue weighted by atomic mass is 9.88. The minimum atomic E-state index is -0.683. The highest BCUT2D eigenvalue weighted by molar-refractivity contribution is 5.85. The van der Waals surface area contributed by atoms with Gasteiger partial charge in [0, 0.05) is 37.2 Å². The molecule has 2 aliphatic carbocycles. The van der Waals surface area contributed by atoms with Gasteiger partial charge in [-0.05, 0) is 54.4 Å². The smallest absolute Gasteiger partial charge is 0.251 e. The number of likely N-dealkylation sites (tertiary alicyclic amines) is 1. The maximum atomic E-state index is 13.5. The van der Waals surface area contributed by atoms with Gasteiger partial charge in [0.2, 0.25) is 0 Å². The fourth-order valence-corrected chi connectivity index (χ4v) is 4.90. The van der Waals surface area contributed by atoms with E-state index in [0.717, 1.165) is 50.0 Å². The fourth-order valence-electron chi connectivity index (χ4n) is 4.90. The number of halogens is 2. The molecule has 0 amide bonds. The van der Waals surface area contributed by atoms with E-state index in [1.807, 2.05) is 0 Å². The molecule has 0 bridgehead atoms. The second kappa shape index (κ2) is 6.82. The summed E-state index contributed by atoms with van der Waals surface area (Å²) in [6.45, 7) is 2.19. The van der Waals surface area contributed by atoms with Crippen LogP contribution in [0, 0.1) is 0 Å². The number of rotatable bonds is 2. The van der Waals surface area contributed by atoms with E-state index in [0.29, 0.717) is 13.0 Å². The zero-order valence-electron chi connectivity index (χ0n) is 14.8. The maximum Gasteiger partial charge on any atom is 0.251 e. The number of aromatic amines is 1. The summed E-state index contributed by atoms with van der Waals surface area (Å²) in [6, 6.07) is 6.36. The lowest BCUT2D eigenvalue weighted by Gasteiger charge is -2.18. The van der Waals surface area contributed by atoms with Gasteiger partial charge in [-0.2, -0.15) is 0 Å². The highest BCUT2D eigenvalue weighted by atomic mass is 35.5. The number of fused-ring (bicyclic) bond motifs is 5. The van der Waals surface area contributed by atoms with Crippen LogP contribution in [0.15, 0.2) is 23.0 Å². The normalized spacial score (nSPS) is 21.0. The predicted molar refractivity (Wildman–Crippen MR) is 104 cm³/mol. The highest BCUT2D eigenvalue weighted by Gasteiger charge is 2.29. The number of nitrogens with zero attached hydrogens (tertiary/aromatic N) is 1. The van der Waals surface area contributed by atoms with Crippen LogP contribution in [0.2, 0.25) is 0 Å². The molecule has 1 atom stereocenters. The van der Waals surface area contributed by atoms with Crippen molar-refractivity contribution in [1.82, 2.24) is 9.88 Å². The Morgan fingerprint density at radius 1 is 1.12 bits per heavy atom. The van der Waals surface area contributed by atoms with Crippen molar-refractivity contribution in [2.45, 2.75) is 51.2 Å². The van der Waals surface area contributed by atoms with Gasteiger partial charge >= 0.3 is 0 Å². The van der Waals surface area contributed by atoms with E-state index in [9.17, 15) is 9.18 Å². The molecule has 1 fully saturated rings. The van der Waals surface area contributed by atoms with Gasteiger partial charge in [-0.1, -0.05) is 18.2 Å². The average Bonchev–Trinajstić information content (AvgIpc) is 3.20. The topological polar surface area (TPSA) is 36.1 Å². The third-order valence-electron chi connectivity index (χ3n) is 6.15. The van der Waals surface area contributed by atoms with Crippen LogP contribution in [0.4, 0.5) is 4.39 Å². The van der Waals surface area contributed by atoms with Crippen LogP contribution in [0.3, 0.4) is 0 Å². The van der Waals surface area contributed by atoms with Crippen LogP contribution in [0.25, 0.3) is 11.3 Å². The van der Waals surface area contributed by atoms with Crippen molar-refractivity contribution in [3.05, 3.63) is 56.4 Å². The molecule has 138 valence electrons. The first-order valence-electron chi connectivity index (χ1n) is 9.45. The molecule has 2 heterocycles. The molecule has 0 spiro atoms. The van der Waals surface area contributed by atoms with Crippen molar-refractivity contribution >= 4 is 12.4 Å². The number of hydrogen-bond acceptors (Lipinski definition) is 2. The Balaban J connectivity index is 0.00000168. The molecule has 1 unspecified atom stereocenters. The Morgan fingerprint density at radius 2 is 1.92 bits per heavy atom. The molecule has 2 aromatic rings. The fraction of sp³-hybridized carbons (Fsp3) is 0.476. The summed E-state index contributed by atoms with van der Waals surface area (Å²) in [5.74, 6) is 0. The van der Waals surface area contributed by atoms with Gasteiger partial charge in [0.1, 0.15) is 6.17 Å². The molecule has 3 nitrogen and oxygen atoms in total. The molecule has 0 radical (unpaired) electrons. The van der Waals surface area contributed by atoms with Crippen LogP contribution in [0.5, 0.6) is 0 Å². The van der Waals surface area contributed by atoms with Gasteiger partial charge in [0.25, 0.3) is 5.56 Å². The monoisotopic (exact) mass is 374 g/mol. The van der Waals surface area contributed by atoms with Crippen LogP contribution in [0.1, 0.15) is 47.1 Å². The Kier molecular flexibility index (Phi) is 4.66. The van der Waals surface area contributed by atoms with Crippen molar-refractivity contribution in [2.24, 2.45) is 0 Å². The van der Waals surface area contributed by atoms with Gasteiger partial charge in [-0.15, -0.1) is 12.4 Å². The predicted octanol–water partition coefficient (Wildman–Crippen LogP) is 3.79. The zero-order chi connectivity index (χ0) is 17.0. The molecule has 26 heavy (non-hydrogen) atoms. The molecule has 1 aliphatic heterocycles. The lowest BCUT2D eigenvalue weighted by Crippen LogP contribution is -2.21. The minimum absolute atomic E-state index is 0. The Hall–Kier alpha value is -1.65. The highest BCUT2D eigenvalue weighted by Crippen LogP contribution is 2.40. The summed E-state index contributed by atoms with van der Waals surface area (Å²) in [5, 5.41) is 0. The van der Waals surface area contributed by atoms with Gasteiger partial charge in [-0.25, -0.2) is 4.39 Å². The van der Waals surface area contributed by atoms with E-state index in [1.165, 1.54) is 34.2 Å². The SMILES string of the molecule is Cl.O=c1[nH]c2c(c3c1CCCC3)Cc1c(CN3CCC(F)C3)cccc1-2.